The van der Waals surface area contributed by atoms with Gasteiger partial charge in [0, 0.05) is 19.2 Å². The van der Waals surface area contributed by atoms with E-state index in [-0.39, 0.29) is 6.04 Å². The Kier molecular flexibility index (Phi) is 7.48. The number of rotatable bonds is 9. The van der Waals surface area contributed by atoms with E-state index >= 15 is 0 Å². The minimum atomic E-state index is 0.257. The van der Waals surface area contributed by atoms with Crippen LogP contribution in [0.15, 0.2) is 24.3 Å². The van der Waals surface area contributed by atoms with Gasteiger partial charge in [-0.25, -0.2) is 0 Å². The monoisotopic (exact) mass is 266 g/mol. The summed E-state index contributed by atoms with van der Waals surface area (Å²) in [7, 11) is 3.42. The predicted octanol–water partition coefficient (Wildman–Crippen LogP) is 2.10. The second-order valence-corrected chi connectivity index (χ2v) is 4.75. The van der Waals surface area contributed by atoms with Crippen LogP contribution in [0.1, 0.15) is 31.4 Å². The molecule has 4 heteroatoms. The fourth-order valence-corrected chi connectivity index (χ4v) is 2.14. The van der Waals surface area contributed by atoms with Crippen molar-refractivity contribution in [2.45, 2.75) is 31.8 Å². The van der Waals surface area contributed by atoms with Gasteiger partial charge in [0.25, 0.3) is 0 Å². The molecule has 3 N–H and O–H groups in total. The first-order valence-electron chi connectivity index (χ1n) is 6.80. The van der Waals surface area contributed by atoms with Crippen LogP contribution in [-0.4, -0.2) is 33.4 Å². The lowest BCUT2D eigenvalue weighted by Gasteiger charge is -2.23. The third-order valence-corrected chi connectivity index (χ3v) is 3.20. The van der Waals surface area contributed by atoms with E-state index in [1.54, 1.807) is 14.2 Å². The number of nitrogens with one attached hydrogen (secondary N) is 1. The van der Waals surface area contributed by atoms with Gasteiger partial charge in [0.1, 0.15) is 5.75 Å². The molecule has 0 bridgehead atoms. The maximum atomic E-state index is 5.57. The van der Waals surface area contributed by atoms with Gasteiger partial charge < -0.3 is 20.5 Å². The summed E-state index contributed by atoms with van der Waals surface area (Å²) in [5.41, 5.74) is 6.78. The summed E-state index contributed by atoms with van der Waals surface area (Å²) in [5, 5.41) is 3.58. The summed E-state index contributed by atoms with van der Waals surface area (Å²) in [4.78, 5) is 0. The van der Waals surface area contributed by atoms with Crippen molar-refractivity contribution in [3.63, 3.8) is 0 Å². The molecule has 108 valence electrons. The third kappa shape index (κ3) is 5.59. The van der Waals surface area contributed by atoms with Crippen LogP contribution in [0.4, 0.5) is 0 Å². The van der Waals surface area contributed by atoms with E-state index in [9.17, 15) is 0 Å². The molecule has 1 rings (SSSR count). The molecule has 1 unspecified atom stereocenters. The lowest BCUT2D eigenvalue weighted by molar-refractivity contribution is 0.156. The number of benzene rings is 1. The molecule has 19 heavy (non-hydrogen) atoms. The SMILES string of the molecule is COCC(CCCN)N[C@@H](C)c1cccc(OC)c1. The molecular weight excluding hydrogens is 240 g/mol. The summed E-state index contributed by atoms with van der Waals surface area (Å²) in [5.74, 6) is 0.886. The first-order chi connectivity index (χ1) is 9.21. The number of ether oxygens (including phenoxy) is 2. The van der Waals surface area contributed by atoms with Crippen molar-refractivity contribution in [1.29, 1.82) is 0 Å². The average molecular weight is 266 g/mol. The van der Waals surface area contributed by atoms with Crippen LogP contribution in [0.3, 0.4) is 0 Å². The summed E-state index contributed by atoms with van der Waals surface area (Å²) in [6.07, 6.45) is 2.03. The normalized spacial score (nSPS) is 14.1. The highest BCUT2D eigenvalue weighted by atomic mass is 16.5. The molecule has 4 nitrogen and oxygen atoms in total. The third-order valence-electron chi connectivity index (χ3n) is 3.20. The Morgan fingerprint density at radius 3 is 2.74 bits per heavy atom. The van der Waals surface area contributed by atoms with Gasteiger partial charge >= 0.3 is 0 Å². The first-order valence-corrected chi connectivity index (χ1v) is 6.80. The Morgan fingerprint density at radius 2 is 2.11 bits per heavy atom. The van der Waals surface area contributed by atoms with Crippen LogP contribution in [0.25, 0.3) is 0 Å². The summed E-state index contributed by atoms with van der Waals surface area (Å²) < 4.78 is 10.5. The van der Waals surface area contributed by atoms with Crippen molar-refractivity contribution in [3.05, 3.63) is 29.8 Å². The number of methoxy groups -OCH3 is 2. The number of nitrogens with two attached hydrogens (primary N) is 1. The molecule has 0 aliphatic carbocycles. The Hall–Kier alpha value is -1.10. The first kappa shape index (κ1) is 16.0. The van der Waals surface area contributed by atoms with E-state index in [1.807, 2.05) is 12.1 Å². The Bertz CT molecular complexity index is 358. The van der Waals surface area contributed by atoms with E-state index in [0.29, 0.717) is 12.6 Å². The highest BCUT2D eigenvalue weighted by molar-refractivity contribution is 5.30. The van der Waals surface area contributed by atoms with Gasteiger partial charge in [0.05, 0.1) is 13.7 Å². The molecule has 0 spiro atoms. The molecule has 0 amide bonds. The van der Waals surface area contributed by atoms with Gasteiger partial charge in [-0.2, -0.15) is 0 Å². The smallest absolute Gasteiger partial charge is 0.119 e. The van der Waals surface area contributed by atoms with Crippen LogP contribution >= 0.6 is 0 Å². The predicted molar refractivity (Wildman–Crippen MR) is 78.5 cm³/mol. The van der Waals surface area contributed by atoms with Crippen LogP contribution in [0.2, 0.25) is 0 Å². The van der Waals surface area contributed by atoms with Gasteiger partial charge in [-0.3, -0.25) is 0 Å². The molecule has 1 aromatic carbocycles. The van der Waals surface area contributed by atoms with E-state index in [0.717, 1.165) is 25.1 Å². The van der Waals surface area contributed by atoms with Gasteiger partial charge in [-0.1, -0.05) is 12.1 Å². The zero-order valence-corrected chi connectivity index (χ0v) is 12.2. The standard InChI is InChI=1S/C15H26N2O2/c1-12(13-6-4-8-15(10-13)19-3)17-14(11-18-2)7-5-9-16/h4,6,8,10,12,14,17H,5,7,9,11,16H2,1-3H3/t12-,14?/m0/s1. The van der Waals surface area contributed by atoms with Crippen molar-refractivity contribution < 1.29 is 9.47 Å². The Balaban J connectivity index is 2.61. The van der Waals surface area contributed by atoms with E-state index in [1.165, 1.54) is 5.56 Å². The van der Waals surface area contributed by atoms with Gasteiger partial charge in [0.2, 0.25) is 0 Å². The minimum absolute atomic E-state index is 0.257. The largest absolute Gasteiger partial charge is 0.497 e. The van der Waals surface area contributed by atoms with E-state index in [4.69, 9.17) is 15.2 Å². The fourth-order valence-electron chi connectivity index (χ4n) is 2.14. The fraction of sp³-hybridized carbons (Fsp3) is 0.600. The molecule has 0 aliphatic heterocycles. The van der Waals surface area contributed by atoms with Gasteiger partial charge in [0.15, 0.2) is 0 Å². The maximum absolute atomic E-state index is 5.57. The molecule has 0 fully saturated rings. The van der Waals surface area contributed by atoms with Crippen LogP contribution in [-0.2, 0) is 4.74 Å². The molecule has 0 heterocycles. The van der Waals surface area contributed by atoms with Crippen molar-refractivity contribution in [2.75, 3.05) is 27.4 Å². The molecule has 0 saturated carbocycles. The van der Waals surface area contributed by atoms with Crippen molar-refractivity contribution in [2.24, 2.45) is 5.73 Å². The summed E-state index contributed by atoms with van der Waals surface area (Å²) in [6, 6.07) is 8.72. The Labute approximate surface area is 116 Å². The lowest BCUT2D eigenvalue weighted by atomic mass is 10.1. The molecule has 0 aliphatic rings. The molecule has 0 aromatic heterocycles. The van der Waals surface area contributed by atoms with Crippen LogP contribution in [0.5, 0.6) is 5.75 Å². The maximum Gasteiger partial charge on any atom is 0.119 e. The molecule has 2 atom stereocenters. The second-order valence-electron chi connectivity index (χ2n) is 4.75. The van der Waals surface area contributed by atoms with E-state index in [2.05, 4.69) is 24.4 Å². The average Bonchev–Trinajstić information content (AvgIpc) is 2.45. The Morgan fingerprint density at radius 1 is 1.32 bits per heavy atom. The van der Waals surface area contributed by atoms with Gasteiger partial charge in [-0.05, 0) is 44.0 Å². The topological polar surface area (TPSA) is 56.5 Å². The summed E-state index contributed by atoms with van der Waals surface area (Å²) in [6.45, 7) is 3.57. The zero-order valence-electron chi connectivity index (χ0n) is 12.2. The highest BCUT2D eigenvalue weighted by Crippen LogP contribution is 2.19. The van der Waals surface area contributed by atoms with E-state index < -0.39 is 0 Å². The lowest BCUT2D eigenvalue weighted by Crippen LogP contribution is -2.35. The minimum Gasteiger partial charge on any atom is -0.497 e. The van der Waals surface area contributed by atoms with Crippen molar-refractivity contribution >= 4 is 0 Å². The second kappa shape index (κ2) is 8.91. The highest BCUT2D eigenvalue weighted by Gasteiger charge is 2.13. The molecule has 0 radical (unpaired) electrons. The molecule has 1 aromatic rings. The number of hydrogen-bond acceptors (Lipinski definition) is 4. The van der Waals surface area contributed by atoms with Crippen LogP contribution < -0.4 is 15.8 Å². The summed E-state index contributed by atoms with van der Waals surface area (Å²) >= 11 is 0. The quantitative estimate of drug-likeness (QED) is 0.718. The van der Waals surface area contributed by atoms with Gasteiger partial charge in [-0.15, -0.1) is 0 Å². The van der Waals surface area contributed by atoms with Crippen molar-refractivity contribution in [1.82, 2.24) is 5.32 Å². The zero-order chi connectivity index (χ0) is 14.1. The molecule has 0 saturated heterocycles. The number of hydrogen-bond donors (Lipinski definition) is 2. The molecular formula is C15H26N2O2. The van der Waals surface area contributed by atoms with Crippen molar-refractivity contribution in [3.8, 4) is 5.75 Å². The van der Waals surface area contributed by atoms with Crippen LogP contribution in [0, 0.1) is 0 Å².